The molecule has 6 rings (SSSR count). The Morgan fingerprint density at radius 3 is 2.44 bits per heavy atom. The van der Waals surface area contributed by atoms with Crippen molar-refractivity contribution in [1.82, 2.24) is 19.7 Å². The summed E-state index contributed by atoms with van der Waals surface area (Å²) in [5.41, 5.74) is 2.44. The van der Waals surface area contributed by atoms with Gasteiger partial charge in [0.15, 0.2) is 17.5 Å². The van der Waals surface area contributed by atoms with Crippen molar-refractivity contribution in [2.24, 2.45) is 0 Å². The number of benzene rings is 2. The second kappa shape index (κ2) is 12.4. The van der Waals surface area contributed by atoms with Crippen molar-refractivity contribution < 1.29 is 33.3 Å². The Balaban J connectivity index is 0.000000511. The quantitative estimate of drug-likeness (QED) is 0.165. The molecule has 2 fully saturated rings. The lowest BCUT2D eigenvalue weighted by Gasteiger charge is -2.15. The fraction of sp³-hybridized carbons (Fsp3) is 0.357. The van der Waals surface area contributed by atoms with Crippen LogP contribution < -0.4 is 10.1 Å². The summed E-state index contributed by atoms with van der Waals surface area (Å²) in [7, 11) is 0. The van der Waals surface area contributed by atoms with E-state index in [-0.39, 0.29) is 0 Å². The number of halogens is 3. The summed E-state index contributed by atoms with van der Waals surface area (Å²) >= 11 is 3.71. The molecule has 4 aromatic rings. The molecule has 13 heteroatoms. The molecular weight excluding hydrogens is 604 g/mol. The largest absolute Gasteiger partial charge is 0.492 e. The SMILES string of the molecule is Fc1ccc(Nc2nncc3c2c2cc(OCCCN4CCCC4)c(Br)cc2n3C2CC2)cc1F.O=C(O)C(=O)O. The number of hydrogen-bond donors (Lipinski definition) is 3. The molecule has 1 aliphatic heterocycles. The molecule has 3 heterocycles. The standard InChI is InChI=1S/C26H26BrF2N5O.C2H2O4/c27-19-14-22-18(13-24(19)35-11-3-10-33-8-1-2-9-33)25-23(34(22)17-5-6-17)15-30-32-26(25)31-16-4-7-20(28)21(29)12-16;3-1(4)2(5)6/h4,7,12-15,17H,1-3,5-6,8-11H2,(H,31,32);(H,3,4)(H,5,6). The molecule has 3 N–H and O–H groups in total. The van der Waals surface area contributed by atoms with Crippen molar-refractivity contribution in [3.05, 3.63) is 52.6 Å². The Morgan fingerprint density at radius 2 is 1.78 bits per heavy atom. The zero-order valence-corrected chi connectivity index (χ0v) is 23.5. The predicted octanol–water partition coefficient (Wildman–Crippen LogP) is 5.72. The van der Waals surface area contributed by atoms with Gasteiger partial charge in [0, 0.05) is 29.7 Å². The predicted molar refractivity (Wildman–Crippen MR) is 152 cm³/mol. The fourth-order valence-electron chi connectivity index (χ4n) is 5.01. The average molecular weight is 632 g/mol. The number of nitrogens with zero attached hydrogens (tertiary/aromatic N) is 4. The van der Waals surface area contributed by atoms with Gasteiger partial charge in [-0.3, -0.25) is 0 Å². The number of aromatic nitrogens is 3. The number of fused-ring (bicyclic) bond motifs is 3. The minimum Gasteiger partial charge on any atom is -0.492 e. The van der Waals surface area contributed by atoms with E-state index in [9.17, 15) is 8.78 Å². The van der Waals surface area contributed by atoms with Gasteiger partial charge in [-0.1, -0.05) is 0 Å². The first-order chi connectivity index (χ1) is 19.7. The lowest BCUT2D eigenvalue weighted by Crippen LogP contribution is -2.21. The smallest absolute Gasteiger partial charge is 0.414 e. The Morgan fingerprint density at radius 1 is 1.05 bits per heavy atom. The molecule has 0 radical (unpaired) electrons. The molecule has 0 unspecified atom stereocenters. The van der Waals surface area contributed by atoms with Crippen molar-refractivity contribution >= 4 is 61.2 Å². The highest BCUT2D eigenvalue weighted by atomic mass is 79.9. The fourth-order valence-corrected chi connectivity index (χ4v) is 5.45. The van der Waals surface area contributed by atoms with Crippen LogP contribution in [0.5, 0.6) is 5.75 Å². The van der Waals surface area contributed by atoms with Gasteiger partial charge in [-0.25, -0.2) is 18.4 Å². The zero-order chi connectivity index (χ0) is 29.1. The van der Waals surface area contributed by atoms with Gasteiger partial charge in [-0.2, -0.15) is 5.10 Å². The third-order valence-electron chi connectivity index (χ3n) is 7.02. The molecule has 2 aliphatic rings. The lowest BCUT2D eigenvalue weighted by molar-refractivity contribution is -0.159. The van der Waals surface area contributed by atoms with E-state index in [0.717, 1.165) is 70.0 Å². The van der Waals surface area contributed by atoms with E-state index in [1.165, 1.54) is 32.0 Å². The molecule has 1 saturated heterocycles. The second-order valence-electron chi connectivity index (χ2n) is 9.97. The van der Waals surface area contributed by atoms with E-state index in [1.807, 2.05) is 0 Å². The number of nitrogens with one attached hydrogen (secondary N) is 1. The molecule has 2 aromatic heterocycles. The molecule has 216 valence electrons. The van der Waals surface area contributed by atoms with E-state index in [0.29, 0.717) is 24.2 Å². The molecule has 2 aromatic carbocycles. The number of carbonyl (C=O) groups is 2. The first-order valence-electron chi connectivity index (χ1n) is 13.2. The number of ether oxygens (including phenoxy) is 1. The molecule has 0 atom stereocenters. The summed E-state index contributed by atoms with van der Waals surface area (Å²) in [6.45, 7) is 4.07. The van der Waals surface area contributed by atoms with Gasteiger partial charge in [0.05, 0.1) is 33.7 Å². The van der Waals surface area contributed by atoms with Gasteiger partial charge >= 0.3 is 11.9 Å². The highest BCUT2D eigenvalue weighted by molar-refractivity contribution is 9.10. The summed E-state index contributed by atoms with van der Waals surface area (Å²) in [6, 6.07) is 8.28. The van der Waals surface area contributed by atoms with Crippen LogP contribution in [0.3, 0.4) is 0 Å². The third kappa shape index (κ3) is 6.57. The number of rotatable bonds is 8. The third-order valence-corrected chi connectivity index (χ3v) is 7.64. The summed E-state index contributed by atoms with van der Waals surface area (Å²) in [6.07, 6.45) is 7.55. The van der Waals surface area contributed by atoms with Gasteiger partial charge in [0.1, 0.15) is 5.75 Å². The van der Waals surface area contributed by atoms with Crippen molar-refractivity contribution in [3.63, 3.8) is 0 Å². The van der Waals surface area contributed by atoms with E-state index in [4.69, 9.17) is 24.5 Å². The lowest BCUT2D eigenvalue weighted by atomic mass is 10.1. The molecule has 0 spiro atoms. The Kier molecular flexibility index (Phi) is 8.64. The molecule has 41 heavy (non-hydrogen) atoms. The summed E-state index contributed by atoms with van der Waals surface area (Å²) in [5.74, 6) is -4.17. The number of carboxylic acids is 2. The molecule has 0 amide bonds. The normalized spacial score (nSPS) is 15.1. The van der Waals surface area contributed by atoms with Gasteiger partial charge in [0.2, 0.25) is 0 Å². The minimum absolute atomic E-state index is 0.411. The van der Waals surface area contributed by atoms with Crippen LogP contribution in [0.2, 0.25) is 0 Å². The number of carboxylic acid groups (broad SMARTS) is 2. The highest BCUT2D eigenvalue weighted by Crippen LogP contribution is 2.46. The number of hydrogen-bond acceptors (Lipinski definition) is 7. The maximum Gasteiger partial charge on any atom is 0.414 e. The van der Waals surface area contributed by atoms with Gasteiger partial charge in [-0.15, -0.1) is 5.10 Å². The van der Waals surface area contributed by atoms with Gasteiger partial charge < -0.3 is 29.7 Å². The van der Waals surface area contributed by atoms with Crippen LogP contribution >= 0.6 is 15.9 Å². The molecule has 10 nitrogen and oxygen atoms in total. The Bertz CT molecular complexity index is 1590. The van der Waals surface area contributed by atoms with Crippen LogP contribution in [-0.2, 0) is 9.59 Å². The van der Waals surface area contributed by atoms with E-state index < -0.39 is 23.6 Å². The second-order valence-corrected chi connectivity index (χ2v) is 10.8. The number of anilines is 2. The van der Waals surface area contributed by atoms with E-state index in [1.54, 1.807) is 6.20 Å². The first kappa shape index (κ1) is 28.7. The van der Waals surface area contributed by atoms with Gasteiger partial charge in [0.25, 0.3) is 0 Å². The molecule has 1 aliphatic carbocycles. The van der Waals surface area contributed by atoms with Gasteiger partial charge in [-0.05, 0) is 85.4 Å². The summed E-state index contributed by atoms with van der Waals surface area (Å²) in [4.78, 5) is 20.7. The summed E-state index contributed by atoms with van der Waals surface area (Å²) in [5, 5.41) is 28.3. The van der Waals surface area contributed by atoms with Crippen LogP contribution in [0.1, 0.15) is 38.1 Å². The monoisotopic (exact) mass is 631 g/mol. The van der Waals surface area contributed by atoms with Crippen LogP contribution in [-0.4, -0.2) is 68.1 Å². The maximum absolute atomic E-state index is 13.8. The zero-order valence-electron chi connectivity index (χ0n) is 21.9. The van der Waals surface area contributed by atoms with Crippen LogP contribution in [0.15, 0.2) is 41.0 Å². The minimum atomic E-state index is -1.82. The average Bonchev–Trinajstić information content (AvgIpc) is 3.53. The van der Waals surface area contributed by atoms with Crippen molar-refractivity contribution in [1.29, 1.82) is 0 Å². The van der Waals surface area contributed by atoms with Crippen LogP contribution in [0, 0.1) is 11.6 Å². The maximum atomic E-state index is 13.8. The number of aliphatic carboxylic acids is 2. The summed E-state index contributed by atoms with van der Waals surface area (Å²) < 4.78 is 36.7. The first-order valence-corrected chi connectivity index (χ1v) is 14.0. The molecule has 1 saturated carbocycles. The Hall–Kier alpha value is -3.84. The highest BCUT2D eigenvalue weighted by Gasteiger charge is 2.29. The Labute approximate surface area is 242 Å². The number of likely N-dealkylation sites (tertiary alicyclic amines) is 1. The van der Waals surface area contributed by atoms with Crippen LogP contribution in [0.25, 0.3) is 21.8 Å². The van der Waals surface area contributed by atoms with Crippen molar-refractivity contribution in [3.8, 4) is 5.75 Å². The van der Waals surface area contributed by atoms with E-state index >= 15 is 0 Å². The molecular formula is C28H28BrF2N5O5. The topological polar surface area (TPSA) is 130 Å². The van der Waals surface area contributed by atoms with Crippen molar-refractivity contribution in [2.75, 3.05) is 31.6 Å². The van der Waals surface area contributed by atoms with Crippen LogP contribution in [0.4, 0.5) is 20.3 Å². The van der Waals surface area contributed by atoms with E-state index in [2.05, 4.69) is 53.0 Å². The van der Waals surface area contributed by atoms with Crippen molar-refractivity contribution in [2.45, 2.75) is 38.1 Å². The molecule has 0 bridgehead atoms.